The van der Waals surface area contributed by atoms with Gasteiger partial charge in [-0.1, -0.05) is 39.2 Å². The first-order valence-electron chi connectivity index (χ1n) is 6.82. The van der Waals surface area contributed by atoms with Gasteiger partial charge < -0.3 is 4.74 Å². The Morgan fingerprint density at radius 2 is 2.00 bits per heavy atom. The lowest BCUT2D eigenvalue weighted by atomic mass is 9.87. The van der Waals surface area contributed by atoms with Gasteiger partial charge in [0, 0.05) is 0 Å². The second kappa shape index (κ2) is 6.44. The quantitative estimate of drug-likeness (QED) is 0.569. The van der Waals surface area contributed by atoms with E-state index in [9.17, 15) is 0 Å². The molecule has 16 heavy (non-hydrogen) atoms. The molecule has 0 spiro atoms. The van der Waals surface area contributed by atoms with E-state index in [1.807, 2.05) is 0 Å². The summed E-state index contributed by atoms with van der Waals surface area (Å²) in [7, 11) is 0. The van der Waals surface area contributed by atoms with Crippen molar-refractivity contribution in [2.24, 2.45) is 5.41 Å². The van der Waals surface area contributed by atoms with Gasteiger partial charge in [0.2, 0.25) is 0 Å². The van der Waals surface area contributed by atoms with E-state index in [1.54, 1.807) is 0 Å². The third kappa shape index (κ3) is 5.16. The SMILES string of the molecule is C=CC(C)(C)CCCC(C)OC1CCCC1. The molecule has 1 fully saturated rings. The van der Waals surface area contributed by atoms with Crippen molar-refractivity contribution in [2.45, 2.75) is 77.9 Å². The Kier molecular flexibility index (Phi) is 5.54. The van der Waals surface area contributed by atoms with Crippen LogP contribution in [0.5, 0.6) is 0 Å². The summed E-state index contributed by atoms with van der Waals surface area (Å²) in [5.41, 5.74) is 0.285. The van der Waals surface area contributed by atoms with Gasteiger partial charge in [-0.05, 0) is 38.0 Å². The maximum atomic E-state index is 6.03. The van der Waals surface area contributed by atoms with Crippen LogP contribution in [0.2, 0.25) is 0 Å². The summed E-state index contributed by atoms with van der Waals surface area (Å²) in [4.78, 5) is 0. The first kappa shape index (κ1) is 13.8. The maximum Gasteiger partial charge on any atom is 0.0578 e. The highest BCUT2D eigenvalue weighted by Crippen LogP contribution is 2.26. The molecule has 0 amide bonds. The van der Waals surface area contributed by atoms with Crippen molar-refractivity contribution < 1.29 is 4.74 Å². The van der Waals surface area contributed by atoms with E-state index in [0.29, 0.717) is 12.2 Å². The molecule has 0 saturated heterocycles. The summed E-state index contributed by atoms with van der Waals surface area (Å²) in [5.74, 6) is 0. The summed E-state index contributed by atoms with van der Waals surface area (Å²) in [5, 5.41) is 0. The van der Waals surface area contributed by atoms with Crippen LogP contribution in [0.25, 0.3) is 0 Å². The van der Waals surface area contributed by atoms with Crippen molar-refractivity contribution in [1.29, 1.82) is 0 Å². The van der Waals surface area contributed by atoms with Crippen molar-refractivity contribution in [2.75, 3.05) is 0 Å². The van der Waals surface area contributed by atoms with E-state index < -0.39 is 0 Å². The average Bonchev–Trinajstić information content (AvgIpc) is 2.70. The fraction of sp³-hybridized carbons (Fsp3) is 0.867. The van der Waals surface area contributed by atoms with Gasteiger partial charge in [-0.15, -0.1) is 6.58 Å². The minimum Gasteiger partial charge on any atom is -0.375 e. The van der Waals surface area contributed by atoms with E-state index in [1.165, 1.54) is 44.9 Å². The Hall–Kier alpha value is -0.300. The van der Waals surface area contributed by atoms with Crippen LogP contribution in [0.4, 0.5) is 0 Å². The molecule has 1 aliphatic carbocycles. The van der Waals surface area contributed by atoms with E-state index in [4.69, 9.17) is 4.74 Å². The number of ether oxygens (including phenoxy) is 1. The van der Waals surface area contributed by atoms with E-state index in [2.05, 4.69) is 33.4 Å². The van der Waals surface area contributed by atoms with Crippen molar-refractivity contribution >= 4 is 0 Å². The molecule has 0 bridgehead atoms. The lowest BCUT2D eigenvalue weighted by Crippen LogP contribution is -2.17. The van der Waals surface area contributed by atoms with Crippen LogP contribution in [0.3, 0.4) is 0 Å². The van der Waals surface area contributed by atoms with Gasteiger partial charge >= 0.3 is 0 Å². The molecule has 1 unspecified atom stereocenters. The monoisotopic (exact) mass is 224 g/mol. The Labute approximate surface area is 101 Å². The largest absolute Gasteiger partial charge is 0.375 e. The second-order valence-electron chi connectivity index (χ2n) is 5.94. The summed E-state index contributed by atoms with van der Waals surface area (Å²) < 4.78 is 6.03. The molecule has 1 heteroatoms. The van der Waals surface area contributed by atoms with Crippen LogP contribution >= 0.6 is 0 Å². The number of hydrogen-bond donors (Lipinski definition) is 0. The lowest BCUT2D eigenvalue weighted by molar-refractivity contribution is -0.00360. The van der Waals surface area contributed by atoms with Crippen LogP contribution < -0.4 is 0 Å². The van der Waals surface area contributed by atoms with Gasteiger partial charge in [0.1, 0.15) is 0 Å². The molecular weight excluding hydrogens is 196 g/mol. The molecule has 1 atom stereocenters. The Morgan fingerprint density at radius 3 is 2.56 bits per heavy atom. The average molecular weight is 224 g/mol. The van der Waals surface area contributed by atoms with Gasteiger partial charge in [0.15, 0.2) is 0 Å². The third-order valence-corrected chi connectivity index (χ3v) is 3.71. The smallest absolute Gasteiger partial charge is 0.0578 e. The van der Waals surface area contributed by atoms with Crippen molar-refractivity contribution in [3.05, 3.63) is 12.7 Å². The summed E-state index contributed by atoms with van der Waals surface area (Å²) in [6.45, 7) is 10.6. The minimum absolute atomic E-state index is 0.285. The summed E-state index contributed by atoms with van der Waals surface area (Å²) in [6.07, 6.45) is 12.0. The minimum atomic E-state index is 0.285. The zero-order valence-corrected chi connectivity index (χ0v) is 11.3. The Bertz CT molecular complexity index is 201. The second-order valence-corrected chi connectivity index (χ2v) is 5.94. The molecule has 0 heterocycles. The first-order chi connectivity index (χ1) is 7.53. The molecule has 0 N–H and O–H groups in total. The third-order valence-electron chi connectivity index (χ3n) is 3.71. The molecule has 0 aromatic carbocycles. The van der Waals surface area contributed by atoms with Crippen LogP contribution in [-0.2, 0) is 4.74 Å². The van der Waals surface area contributed by atoms with Gasteiger partial charge in [-0.2, -0.15) is 0 Å². The maximum absolute atomic E-state index is 6.03. The predicted molar refractivity (Wildman–Crippen MR) is 70.6 cm³/mol. The fourth-order valence-corrected chi connectivity index (χ4v) is 2.37. The molecule has 94 valence electrons. The highest BCUT2D eigenvalue weighted by molar-refractivity contribution is 4.87. The molecule has 0 aromatic heterocycles. The normalized spacial score (nSPS) is 19.9. The molecular formula is C15H28O. The van der Waals surface area contributed by atoms with Crippen molar-refractivity contribution in [1.82, 2.24) is 0 Å². The Balaban J connectivity index is 2.10. The molecule has 1 nitrogen and oxygen atoms in total. The van der Waals surface area contributed by atoms with Gasteiger partial charge in [0.25, 0.3) is 0 Å². The highest BCUT2D eigenvalue weighted by Gasteiger charge is 2.19. The fourth-order valence-electron chi connectivity index (χ4n) is 2.37. The van der Waals surface area contributed by atoms with Crippen LogP contribution in [0.1, 0.15) is 65.7 Å². The molecule has 1 rings (SSSR count). The Morgan fingerprint density at radius 1 is 1.38 bits per heavy atom. The zero-order chi connectivity index (χ0) is 12.0. The number of rotatable bonds is 7. The number of hydrogen-bond acceptors (Lipinski definition) is 1. The van der Waals surface area contributed by atoms with E-state index in [0.717, 1.165) is 0 Å². The van der Waals surface area contributed by atoms with Gasteiger partial charge in [-0.25, -0.2) is 0 Å². The van der Waals surface area contributed by atoms with E-state index >= 15 is 0 Å². The lowest BCUT2D eigenvalue weighted by Gasteiger charge is -2.22. The highest BCUT2D eigenvalue weighted by atomic mass is 16.5. The molecule has 1 aliphatic rings. The summed E-state index contributed by atoms with van der Waals surface area (Å²) in [6, 6.07) is 0. The van der Waals surface area contributed by atoms with Crippen molar-refractivity contribution in [3.63, 3.8) is 0 Å². The summed E-state index contributed by atoms with van der Waals surface area (Å²) >= 11 is 0. The molecule has 0 aliphatic heterocycles. The standard InChI is InChI=1S/C15H28O/c1-5-15(3,4)12-8-9-13(2)16-14-10-6-7-11-14/h5,13-14H,1,6-12H2,2-4H3. The van der Waals surface area contributed by atoms with Crippen LogP contribution in [0, 0.1) is 5.41 Å². The molecule has 0 aromatic rings. The van der Waals surface area contributed by atoms with Gasteiger partial charge in [0.05, 0.1) is 12.2 Å². The topological polar surface area (TPSA) is 9.23 Å². The van der Waals surface area contributed by atoms with Crippen LogP contribution in [-0.4, -0.2) is 12.2 Å². The predicted octanol–water partition coefficient (Wildman–Crippen LogP) is 4.72. The molecule has 1 saturated carbocycles. The first-order valence-corrected chi connectivity index (χ1v) is 6.82. The van der Waals surface area contributed by atoms with E-state index in [-0.39, 0.29) is 5.41 Å². The van der Waals surface area contributed by atoms with Crippen LogP contribution in [0.15, 0.2) is 12.7 Å². The van der Waals surface area contributed by atoms with Crippen molar-refractivity contribution in [3.8, 4) is 0 Å². The molecule has 0 radical (unpaired) electrons. The van der Waals surface area contributed by atoms with Gasteiger partial charge in [-0.3, -0.25) is 0 Å². The number of allylic oxidation sites excluding steroid dienone is 1. The zero-order valence-electron chi connectivity index (χ0n) is 11.3.